The highest BCUT2D eigenvalue weighted by atomic mass is 32.2. The summed E-state index contributed by atoms with van der Waals surface area (Å²) in [5.74, 6) is 0.0235. The van der Waals surface area contributed by atoms with Crippen LogP contribution in [0.3, 0.4) is 0 Å². The summed E-state index contributed by atoms with van der Waals surface area (Å²) in [5, 5.41) is 8.64. The normalized spacial score (nSPS) is 12.4. The van der Waals surface area contributed by atoms with Gasteiger partial charge in [-0.05, 0) is 29.8 Å². The molecule has 0 spiro atoms. The second kappa shape index (κ2) is 6.55. The van der Waals surface area contributed by atoms with Crippen LogP contribution >= 0.6 is 34.4 Å². The molecule has 0 aliphatic rings. The van der Waals surface area contributed by atoms with Crippen molar-refractivity contribution in [3.63, 3.8) is 0 Å². The number of aromatic nitrogens is 2. The zero-order valence-electron chi connectivity index (χ0n) is 11.3. The molecule has 0 bridgehead atoms. The fourth-order valence-electron chi connectivity index (χ4n) is 1.81. The lowest BCUT2D eigenvalue weighted by atomic mass is 10.4. The number of hydrogen-bond donors (Lipinski definition) is 1. The lowest BCUT2D eigenvalue weighted by Gasteiger charge is -2.11. The van der Waals surface area contributed by atoms with E-state index in [2.05, 4.69) is 15.3 Å². The SMILES string of the molecule is C[C@@H](Sc1ncnc2sccc12)C(=O)NCc1cccs1. The summed E-state index contributed by atoms with van der Waals surface area (Å²) in [6, 6.07) is 6.00. The van der Waals surface area contributed by atoms with Gasteiger partial charge in [-0.25, -0.2) is 9.97 Å². The Balaban J connectivity index is 1.64. The molecule has 3 rings (SSSR count). The van der Waals surface area contributed by atoms with Crippen LogP contribution < -0.4 is 5.32 Å². The Bertz CT molecular complexity index is 739. The minimum absolute atomic E-state index is 0.0235. The number of hydrogen-bond acceptors (Lipinski definition) is 6. The number of nitrogens with one attached hydrogen (secondary N) is 1. The second-order valence-corrected chi connectivity index (χ2v) is 7.63. The van der Waals surface area contributed by atoms with Crippen LogP contribution in [0.15, 0.2) is 40.3 Å². The molecule has 0 aromatic carbocycles. The van der Waals surface area contributed by atoms with Crippen LogP contribution in [-0.4, -0.2) is 21.1 Å². The van der Waals surface area contributed by atoms with E-state index in [4.69, 9.17) is 0 Å². The van der Waals surface area contributed by atoms with E-state index in [0.29, 0.717) is 6.54 Å². The number of carbonyl (C=O) groups excluding carboxylic acids is 1. The van der Waals surface area contributed by atoms with E-state index in [1.807, 2.05) is 35.9 Å². The Labute approximate surface area is 134 Å². The maximum absolute atomic E-state index is 12.1. The van der Waals surface area contributed by atoms with Crippen molar-refractivity contribution in [2.45, 2.75) is 23.7 Å². The predicted octanol–water partition coefficient (Wildman–Crippen LogP) is 3.55. The van der Waals surface area contributed by atoms with E-state index in [1.165, 1.54) is 11.8 Å². The zero-order chi connectivity index (χ0) is 14.7. The van der Waals surface area contributed by atoms with Crippen LogP contribution in [0.1, 0.15) is 11.8 Å². The fourth-order valence-corrected chi connectivity index (χ4v) is 4.18. The molecule has 4 nitrogen and oxygen atoms in total. The molecule has 0 fully saturated rings. The van der Waals surface area contributed by atoms with Gasteiger partial charge in [0.2, 0.25) is 5.91 Å². The number of fused-ring (bicyclic) bond motifs is 1. The Morgan fingerprint density at radius 1 is 1.33 bits per heavy atom. The van der Waals surface area contributed by atoms with Gasteiger partial charge in [0.25, 0.3) is 0 Å². The smallest absolute Gasteiger partial charge is 0.233 e. The zero-order valence-corrected chi connectivity index (χ0v) is 13.7. The van der Waals surface area contributed by atoms with Crippen LogP contribution in [0.4, 0.5) is 0 Å². The van der Waals surface area contributed by atoms with E-state index in [-0.39, 0.29) is 11.2 Å². The predicted molar refractivity (Wildman–Crippen MR) is 88.9 cm³/mol. The molecule has 0 saturated heterocycles. The summed E-state index contributed by atoms with van der Waals surface area (Å²) >= 11 is 4.69. The van der Waals surface area contributed by atoms with E-state index >= 15 is 0 Å². The highest BCUT2D eigenvalue weighted by molar-refractivity contribution is 8.00. The van der Waals surface area contributed by atoms with Crippen molar-refractivity contribution in [2.24, 2.45) is 0 Å². The lowest BCUT2D eigenvalue weighted by Crippen LogP contribution is -2.30. The third-order valence-corrected chi connectivity index (χ3v) is 5.71. The minimum atomic E-state index is -0.192. The number of nitrogens with zero attached hydrogens (tertiary/aromatic N) is 2. The van der Waals surface area contributed by atoms with Gasteiger partial charge in [0.1, 0.15) is 16.2 Å². The third kappa shape index (κ3) is 3.42. The number of thiophene rings is 2. The molecule has 108 valence electrons. The quantitative estimate of drug-likeness (QED) is 0.572. The molecule has 3 aromatic heterocycles. The number of amides is 1. The molecular formula is C14H13N3OS3. The summed E-state index contributed by atoms with van der Waals surface area (Å²) in [6.07, 6.45) is 1.55. The molecule has 1 amide bonds. The molecule has 7 heteroatoms. The van der Waals surface area contributed by atoms with Gasteiger partial charge in [-0.2, -0.15) is 0 Å². The van der Waals surface area contributed by atoms with E-state index < -0.39 is 0 Å². The first-order chi connectivity index (χ1) is 10.2. The maximum atomic E-state index is 12.1. The highest BCUT2D eigenvalue weighted by Gasteiger charge is 2.17. The van der Waals surface area contributed by atoms with Gasteiger partial charge in [-0.1, -0.05) is 17.8 Å². The standard InChI is InChI=1S/C14H13N3OS3/c1-9(12(18)15-7-10-3-2-5-19-10)21-14-11-4-6-20-13(11)16-8-17-14/h2-6,8-9H,7H2,1H3,(H,15,18)/t9-/m1/s1. The van der Waals surface area contributed by atoms with Crippen molar-refractivity contribution < 1.29 is 4.79 Å². The number of thioether (sulfide) groups is 1. The largest absolute Gasteiger partial charge is 0.350 e. The lowest BCUT2D eigenvalue weighted by molar-refractivity contribution is -0.120. The third-order valence-electron chi connectivity index (χ3n) is 2.90. The molecule has 3 aromatic rings. The molecule has 0 radical (unpaired) electrons. The van der Waals surface area contributed by atoms with E-state index in [0.717, 1.165) is 20.1 Å². The summed E-state index contributed by atoms with van der Waals surface area (Å²) in [4.78, 5) is 22.8. The molecule has 0 unspecified atom stereocenters. The van der Waals surface area contributed by atoms with Crippen molar-refractivity contribution in [1.82, 2.24) is 15.3 Å². The van der Waals surface area contributed by atoms with E-state index in [1.54, 1.807) is 29.0 Å². The summed E-state index contributed by atoms with van der Waals surface area (Å²) in [7, 11) is 0. The van der Waals surface area contributed by atoms with Gasteiger partial charge in [-0.3, -0.25) is 4.79 Å². The first-order valence-electron chi connectivity index (χ1n) is 6.39. The van der Waals surface area contributed by atoms with Crippen molar-refractivity contribution in [3.8, 4) is 0 Å². The van der Waals surface area contributed by atoms with Gasteiger partial charge in [0, 0.05) is 10.3 Å². The van der Waals surface area contributed by atoms with Crippen LogP contribution in [0.2, 0.25) is 0 Å². The van der Waals surface area contributed by atoms with Gasteiger partial charge in [-0.15, -0.1) is 22.7 Å². The van der Waals surface area contributed by atoms with Crippen molar-refractivity contribution in [2.75, 3.05) is 0 Å². The molecular weight excluding hydrogens is 322 g/mol. The van der Waals surface area contributed by atoms with Gasteiger partial charge >= 0.3 is 0 Å². The Morgan fingerprint density at radius 2 is 2.24 bits per heavy atom. The summed E-state index contributed by atoms with van der Waals surface area (Å²) in [5.41, 5.74) is 0. The monoisotopic (exact) mass is 335 g/mol. The number of carbonyl (C=O) groups is 1. The Hall–Kier alpha value is -1.44. The van der Waals surface area contributed by atoms with Crippen LogP contribution in [-0.2, 0) is 11.3 Å². The number of rotatable bonds is 5. The minimum Gasteiger partial charge on any atom is -0.350 e. The molecule has 3 heterocycles. The van der Waals surface area contributed by atoms with Crippen molar-refractivity contribution in [3.05, 3.63) is 40.2 Å². The first kappa shape index (κ1) is 14.5. The molecule has 0 saturated carbocycles. The fraction of sp³-hybridized carbons (Fsp3) is 0.214. The van der Waals surface area contributed by atoms with Crippen molar-refractivity contribution >= 4 is 50.6 Å². The van der Waals surface area contributed by atoms with Gasteiger partial charge in [0.05, 0.1) is 11.8 Å². The summed E-state index contributed by atoms with van der Waals surface area (Å²) in [6.45, 7) is 2.48. The average molecular weight is 335 g/mol. The molecule has 0 aliphatic heterocycles. The average Bonchev–Trinajstić information content (AvgIpc) is 3.16. The van der Waals surface area contributed by atoms with Gasteiger partial charge < -0.3 is 5.32 Å². The van der Waals surface area contributed by atoms with Crippen molar-refractivity contribution in [1.29, 1.82) is 0 Å². The molecule has 1 N–H and O–H groups in total. The maximum Gasteiger partial charge on any atom is 0.233 e. The highest BCUT2D eigenvalue weighted by Crippen LogP contribution is 2.30. The van der Waals surface area contributed by atoms with Crippen LogP contribution in [0.25, 0.3) is 10.2 Å². The Kier molecular flexibility index (Phi) is 4.52. The summed E-state index contributed by atoms with van der Waals surface area (Å²) < 4.78 is 0. The molecule has 1 atom stereocenters. The Morgan fingerprint density at radius 3 is 3.05 bits per heavy atom. The van der Waals surface area contributed by atoms with Crippen LogP contribution in [0.5, 0.6) is 0 Å². The van der Waals surface area contributed by atoms with Crippen LogP contribution in [0, 0.1) is 0 Å². The molecule has 21 heavy (non-hydrogen) atoms. The van der Waals surface area contributed by atoms with Gasteiger partial charge in [0.15, 0.2) is 0 Å². The topological polar surface area (TPSA) is 54.9 Å². The first-order valence-corrected chi connectivity index (χ1v) is 9.03. The van der Waals surface area contributed by atoms with E-state index in [9.17, 15) is 4.79 Å². The molecule has 0 aliphatic carbocycles. The second-order valence-electron chi connectivity index (χ2n) is 4.38.